The summed E-state index contributed by atoms with van der Waals surface area (Å²) in [5.74, 6) is 0.853. The highest BCUT2D eigenvalue weighted by atomic mass is 16.5. The first-order valence-corrected chi connectivity index (χ1v) is 8.58. The second-order valence-electron chi connectivity index (χ2n) is 6.23. The number of hydrogen-bond donors (Lipinski definition) is 2. The van der Waals surface area contributed by atoms with Crippen LogP contribution in [0.25, 0.3) is 0 Å². The zero-order chi connectivity index (χ0) is 19.2. The molecule has 0 saturated heterocycles. The molecule has 0 aliphatic rings. The van der Waals surface area contributed by atoms with E-state index in [1.807, 2.05) is 12.1 Å². The van der Waals surface area contributed by atoms with Crippen LogP contribution in [0.15, 0.2) is 54.7 Å². The molecule has 7 heteroatoms. The number of methoxy groups -OCH3 is 1. The number of anilines is 4. The van der Waals surface area contributed by atoms with Gasteiger partial charge in [0, 0.05) is 5.69 Å². The van der Waals surface area contributed by atoms with Crippen LogP contribution < -0.4 is 10.6 Å². The number of ether oxygens (including phenoxy) is 1. The number of hydrogen-bond acceptors (Lipinski definition) is 7. The van der Waals surface area contributed by atoms with Gasteiger partial charge in [0.15, 0.2) is 5.82 Å². The van der Waals surface area contributed by atoms with Crippen molar-refractivity contribution in [2.45, 2.75) is 19.8 Å². The van der Waals surface area contributed by atoms with Gasteiger partial charge in [0.1, 0.15) is 0 Å². The third-order valence-corrected chi connectivity index (χ3v) is 3.99. The van der Waals surface area contributed by atoms with Gasteiger partial charge in [0.05, 0.1) is 24.6 Å². The summed E-state index contributed by atoms with van der Waals surface area (Å²) in [4.78, 5) is 16.3. The van der Waals surface area contributed by atoms with Gasteiger partial charge < -0.3 is 15.4 Å². The predicted octanol–water partition coefficient (Wildman–Crippen LogP) is 4.27. The number of carbonyl (C=O) groups excluding carboxylic acids is 1. The normalized spacial score (nSPS) is 10.5. The molecular weight excluding hydrogens is 342 g/mol. The van der Waals surface area contributed by atoms with Crippen LogP contribution in [0.3, 0.4) is 0 Å². The minimum Gasteiger partial charge on any atom is -0.465 e. The maximum absolute atomic E-state index is 11.9. The summed E-state index contributed by atoms with van der Waals surface area (Å²) in [5.41, 5.74) is 3.11. The van der Waals surface area contributed by atoms with Crippen LogP contribution in [0.1, 0.15) is 35.7 Å². The first-order valence-electron chi connectivity index (χ1n) is 8.58. The monoisotopic (exact) mass is 363 g/mol. The highest BCUT2D eigenvalue weighted by molar-refractivity contribution is 5.96. The van der Waals surface area contributed by atoms with E-state index in [0.29, 0.717) is 23.0 Å². The van der Waals surface area contributed by atoms with E-state index < -0.39 is 5.97 Å². The van der Waals surface area contributed by atoms with E-state index in [0.717, 1.165) is 5.69 Å². The summed E-state index contributed by atoms with van der Waals surface area (Å²) in [6.07, 6.45) is 1.54. The number of para-hydroxylation sites is 1. The first-order chi connectivity index (χ1) is 13.1. The summed E-state index contributed by atoms with van der Waals surface area (Å²) in [6, 6.07) is 15.1. The number of aromatic nitrogens is 3. The number of nitrogens with one attached hydrogen (secondary N) is 2. The Kier molecular flexibility index (Phi) is 5.61. The largest absolute Gasteiger partial charge is 0.465 e. The Morgan fingerprint density at radius 3 is 2.48 bits per heavy atom. The van der Waals surface area contributed by atoms with Crippen molar-refractivity contribution in [3.63, 3.8) is 0 Å². The molecule has 0 aliphatic heterocycles. The number of nitrogens with zero attached hydrogens (tertiary/aromatic N) is 3. The van der Waals surface area contributed by atoms with Gasteiger partial charge in [-0.15, -0.1) is 5.10 Å². The number of rotatable bonds is 6. The molecule has 0 amide bonds. The van der Waals surface area contributed by atoms with Crippen molar-refractivity contribution in [2.24, 2.45) is 0 Å². The molecule has 0 spiro atoms. The minimum absolute atomic E-state index is 0.273. The average molecular weight is 363 g/mol. The molecule has 1 heterocycles. The lowest BCUT2D eigenvalue weighted by molar-refractivity contribution is 0.0602. The Morgan fingerprint density at radius 1 is 1.04 bits per heavy atom. The Bertz CT molecular complexity index is 926. The molecule has 138 valence electrons. The molecule has 0 saturated carbocycles. The second kappa shape index (κ2) is 8.27. The lowest BCUT2D eigenvalue weighted by atomic mass is 10.0. The molecule has 0 unspecified atom stereocenters. The van der Waals surface area contributed by atoms with E-state index in [1.165, 1.54) is 18.9 Å². The molecular formula is C20H21N5O2. The summed E-state index contributed by atoms with van der Waals surface area (Å²) in [5, 5.41) is 14.2. The molecule has 0 aliphatic carbocycles. The molecule has 3 aromatic rings. The van der Waals surface area contributed by atoms with Crippen molar-refractivity contribution in [2.75, 3.05) is 17.7 Å². The number of benzene rings is 2. The van der Waals surface area contributed by atoms with Gasteiger partial charge in [0.25, 0.3) is 0 Å². The maximum atomic E-state index is 11.9. The number of carbonyl (C=O) groups is 1. The van der Waals surface area contributed by atoms with Crippen molar-refractivity contribution in [1.29, 1.82) is 0 Å². The highest BCUT2D eigenvalue weighted by Crippen LogP contribution is 2.22. The van der Waals surface area contributed by atoms with Gasteiger partial charge in [-0.3, -0.25) is 0 Å². The second-order valence-corrected chi connectivity index (χ2v) is 6.23. The molecule has 0 atom stereocenters. The SMILES string of the molecule is COC(=O)c1ccccc1Nc1nncc(Nc2ccc(C(C)C)cc2)n1. The molecule has 3 rings (SSSR count). The Morgan fingerprint density at radius 2 is 1.78 bits per heavy atom. The quantitative estimate of drug-likeness (QED) is 0.632. The maximum Gasteiger partial charge on any atom is 0.339 e. The van der Waals surface area contributed by atoms with Gasteiger partial charge in [-0.2, -0.15) is 10.1 Å². The molecule has 2 aromatic carbocycles. The van der Waals surface area contributed by atoms with Crippen LogP contribution in [0.4, 0.5) is 23.1 Å². The predicted molar refractivity (Wildman–Crippen MR) is 105 cm³/mol. The first kappa shape index (κ1) is 18.3. The fraction of sp³-hybridized carbons (Fsp3) is 0.200. The molecule has 0 radical (unpaired) electrons. The van der Waals surface area contributed by atoms with Gasteiger partial charge >= 0.3 is 5.97 Å². The van der Waals surface area contributed by atoms with Crippen LogP contribution in [-0.4, -0.2) is 28.3 Å². The third kappa shape index (κ3) is 4.58. The Labute approximate surface area is 157 Å². The number of esters is 1. The van der Waals surface area contributed by atoms with Gasteiger partial charge in [-0.1, -0.05) is 38.1 Å². The van der Waals surface area contributed by atoms with Crippen LogP contribution in [0.2, 0.25) is 0 Å². The van der Waals surface area contributed by atoms with Gasteiger partial charge in [-0.25, -0.2) is 4.79 Å². The smallest absolute Gasteiger partial charge is 0.339 e. The van der Waals surface area contributed by atoms with Crippen molar-refractivity contribution < 1.29 is 9.53 Å². The van der Waals surface area contributed by atoms with Crippen molar-refractivity contribution in [3.05, 3.63) is 65.9 Å². The molecule has 1 aromatic heterocycles. The third-order valence-electron chi connectivity index (χ3n) is 3.99. The van der Waals surface area contributed by atoms with Crippen molar-refractivity contribution >= 4 is 29.1 Å². The lowest BCUT2D eigenvalue weighted by Gasteiger charge is -2.11. The summed E-state index contributed by atoms with van der Waals surface area (Å²) < 4.78 is 4.80. The Hall–Kier alpha value is -3.48. The summed E-state index contributed by atoms with van der Waals surface area (Å²) in [6.45, 7) is 4.31. The fourth-order valence-corrected chi connectivity index (χ4v) is 2.52. The standard InChI is InChI=1S/C20H21N5O2/c1-13(2)14-8-10-15(11-9-14)22-18-12-21-25-20(24-18)23-17-7-5-4-6-16(17)19(26)27-3/h4-13H,1-3H3,(H2,22,23,24,25). The zero-order valence-electron chi connectivity index (χ0n) is 15.4. The molecule has 27 heavy (non-hydrogen) atoms. The molecule has 2 N–H and O–H groups in total. The zero-order valence-corrected chi connectivity index (χ0v) is 15.4. The van der Waals surface area contributed by atoms with Crippen LogP contribution >= 0.6 is 0 Å². The topological polar surface area (TPSA) is 89.0 Å². The van der Waals surface area contributed by atoms with E-state index >= 15 is 0 Å². The van der Waals surface area contributed by atoms with E-state index in [4.69, 9.17) is 4.74 Å². The van der Waals surface area contributed by atoms with Crippen LogP contribution in [0, 0.1) is 0 Å². The van der Waals surface area contributed by atoms with Crippen molar-refractivity contribution in [3.8, 4) is 0 Å². The van der Waals surface area contributed by atoms with Crippen LogP contribution in [0.5, 0.6) is 0 Å². The van der Waals surface area contributed by atoms with Crippen LogP contribution in [-0.2, 0) is 4.74 Å². The van der Waals surface area contributed by atoms with E-state index in [-0.39, 0.29) is 5.95 Å². The van der Waals surface area contributed by atoms with E-state index in [1.54, 1.807) is 24.3 Å². The molecule has 7 nitrogen and oxygen atoms in total. The summed E-state index contributed by atoms with van der Waals surface area (Å²) >= 11 is 0. The van der Waals surface area contributed by atoms with Crippen molar-refractivity contribution in [1.82, 2.24) is 15.2 Å². The van der Waals surface area contributed by atoms with Gasteiger partial charge in [-0.05, 0) is 35.7 Å². The molecule has 0 bridgehead atoms. The van der Waals surface area contributed by atoms with E-state index in [9.17, 15) is 4.79 Å². The summed E-state index contributed by atoms with van der Waals surface area (Å²) in [7, 11) is 1.34. The minimum atomic E-state index is -0.439. The fourth-order valence-electron chi connectivity index (χ4n) is 2.52. The molecule has 0 fully saturated rings. The Balaban J connectivity index is 1.77. The average Bonchev–Trinajstić information content (AvgIpc) is 2.68. The van der Waals surface area contributed by atoms with Gasteiger partial charge in [0.2, 0.25) is 5.95 Å². The highest BCUT2D eigenvalue weighted by Gasteiger charge is 2.12. The van der Waals surface area contributed by atoms with E-state index in [2.05, 4.69) is 51.8 Å². The lowest BCUT2D eigenvalue weighted by Crippen LogP contribution is -2.08.